The van der Waals surface area contributed by atoms with Crippen molar-refractivity contribution < 1.29 is 14.3 Å². The number of benzene rings is 1. The van der Waals surface area contributed by atoms with E-state index in [-0.39, 0.29) is 11.8 Å². The van der Waals surface area contributed by atoms with E-state index in [0.29, 0.717) is 24.1 Å². The van der Waals surface area contributed by atoms with Crippen LogP contribution in [0, 0.1) is 6.92 Å². The molecule has 17 heavy (non-hydrogen) atoms. The van der Waals surface area contributed by atoms with Gasteiger partial charge in [-0.15, -0.1) is 0 Å². The van der Waals surface area contributed by atoms with E-state index < -0.39 is 6.10 Å². The van der Waals surface area contributed by atoms with E-state index in [9.17, 15) is 9.59 Å². The molecule has 2 amide bonds. The van der Waals surface area contributed by atoms with Crippen LogP contribution in [0.4, 0.5) is 0 Å². The van der Waals surface area contributed by atoms with Gasteiger partial charge in [-0.2, -0.15) is 0 Å². The van der Waals surface area contributed by atoms with E-state index in [1.165, 1.54) is 0 Å². The summed E-state index contributed by atoms with van der Waals surface area (Å²) < 4.78 is 5.51. The minimum atomic E-state index is -0.616. The summed E-state index contributed by atoms with van der Waals surface area (Å²) in [6.45, 7) is 1.89. The highest BCUT2D eigenvalue weighted by molar-refractivity contribution is 6.33. The zero-order chi connectivity index (χ0) is 12.4. The average Bonchev–Trinajstić information content (AvgIpc) is 2.27. The van der Waals surface area contributed by atoms with Crippen molar-refractivity contribution in [3.05, 3.63) is 23.8 Å². The van der Waals surface area contributed by atoms with Gasteiger partial charge in [-0.1, -0.05) is 17.1 Å². The molecule has 5 heteroatoms. The zero-order valence-corrected chi connectivity index (χ0v) is 9.53. The van der Waals surface area contributed by atoms with Crippen molar-refractivity contribution >= 4 is 25.1 Å². The fourth-order valence-electron chi connectivity index (χ4n) is 1.64. The number of piperidine rings is 1. The number of aryl methyl sites for hydroxylation is 1. The Labute approximate surface area is 101 Å². The SMILES string of the molecule is [B]c1cc(OC2CCC(=O)NC2=O)ccc1C. The van der Waals surface area contributed by atoms with Crippen molar-refractivity contribution in [3.8, 4) is 5.75 Å². The molecule has 2 rings (SSSR count). The van der Waals surface area contributed by atoms with Crippen LogP contribution in [0.5, 0.6) is 5.75 Å². The lowest BCUT2D eigenvalue weighted by atomic mass is 9.91. The highest BCUT2D eigenvalue weighted by Crippen LogP contribution is 2.16. The Kier molecular flexibility index (Phi) is 3.18. The molecular formula is C12H12BNO3. The number of hydrogen-bond donors (Lipinski definition) is 1. The van der Waals surface area contributed by atoms with Gasteiger partial charge in [-0.05, 0) is 19.1 Å². The maximum Gasteiger partial charge on any atom is 0.267 e. The number of nitrogens with one attached hydrogen (secondary N) is 1. The molecule has 0 aliphatic carbocycles. The van der Waals surface area contributed by atoms with Gasteiger partial charge in [0.05, 0.1) is 0 Å². The molecule has 1 aliphatic rings. The summed E-state index contributed by atoms with van der Waals surface area (Å²) in [6.07, 6.45) is 0.0886. The molecule has 0 spiro atoms. The summed E-state index contributed by atoms with van der Waals surface area (Å²) in [5, 5.41) is 2.24. The Bertz CT molecular complexity index is 473. The van der Waals surface area contributed by atoms with Crippen LogP contribution in [-0.2, 0) is 9.59 Å². The first-order valence-electron chi connectivity index (χ1n) is 5.43. The van der Waals surface area contributed by atoms with Crippen LogP contribution >= 0.6 is 0 Å². The molecule has 1 aliphatic heterocycles. The van der Waals surface area contributed by atoms with Crippen LogP contribution < -0.4 is 15.5 Å². The lowest BCUT2D eigenvalue weighted by Crippen LogP contribution is -2.46. The first-order valence-corrected chi connectivity index (χ1v) is 5.43. The smallest absolute Gasteiger partial charge is 0.267 e. The largest absolute Gasteiger partial charge is 0.481 e. The molecule has 1 saturated heterocycles. The molecule has 0 aromatic heterocycles. The second-order valence-corrected chi connectivity index (χ2v) is 4.08. The Morgan fingerprint density at radius 3 is 2.82 bits per heavy atom. The van der Waals surface area contributed by atoms with Gasteiger partial charge < -0.3 is 4.74 Å². The van der Waals surface area contributed by atoms with E-state index in [1.54, 1.807) is 12.1 Å². The molecule has 0 bridgehead atoms. The van der Waals surface area contributed by atoms with E-state index in [0.717, 1.165) is 5.56 Å². The summed E-state index contributed by atoms with van der Waals surface area (Å²) >= 11 is 0. The van der Waals surface area contributed by atoms with Gasteiger partial charge in [0.1, 0.15) is 13.6 Å². The predicted octanol–water partition coefficient (Wildman–Crippen LogP) is -0.0272. The molecule has 4 nitrogen and oxygen atoms in total. The first kappa shape index (κ1) is 11.7. The zero-order valence-electron chi connectivity index (χ0n) is 9.53. The van der Waals surface area contributed by atoms with Gasteiger partial charge >= 0.3 is 0 Å². The minimum Gasteiger partial charge on any atom is -0.481 e. The Hall–Kier alpha value is -1.78. The van der Waals surface area contributed by atoms with Crippen LogP contribution in [0.1, 0.15) is 18.4 Å². The Morgan fingerprint density at radius 2 is 2.18 bits per heavy atom. The van der Waals surface area contributed by atoms with Crippen molar-refractivity contribution in [2.75, 3.05) is 0 Å². The fourth-order valence-corrected chi connectivity index (χ4v) is 1.64. The number of imide groups is 1. The van der Waals surface area contributed by atoms with Crippen LogP contribution in [0.15, 0.2) is 18.2 Å². The van der Waals surface area contributed by atoms with Crippen LogP contribution in [0.3, 0.4) is 0 Å². The van der Waals surface area contributed by atoms with Gasteiger partial charge in [0.15, 0.2) is 6.10 Å². The Morgan fingerprint density at radius 1 is 1.41 bits per heavy atom. The van der Waals surface area contributed by atoms with E-state index in [1.807, 2.05) is 13.0 Å². The van der Waals surface area contributed by atoms with Gasteiger partial charge in [-0.25, -0.2) is 0 Å². The van der Waals surface area contributed by atoms with E-state index in [2.05, 4.69) is 5.32 Å². The molecule has 86 valence electrons. The number of carbonyl (C=O) groups excluding carboxylic acids is 2. The monoisotopic (exact) mass is 229 g/mol. The van der Waals surface area contributed by atoms with Crippen LogP contribution in [0.2, 0.25) is 0 Å². The Balaban J connectivity index is 2.08. The number of carbonyl (C=O) groups is 2. The lowest BCUT2D eigenvalue weighted by Gasteiger charge is -2.22. The van der Waals surface area contributed by atoms with Gasteiger partial charge in [0.2, 0.25) is 5.91 Å². The maximum absolute atomic E-state index is 11.5. The van der Waals surface area contributed by atoms with Gasteiger partial charge in [0.25, 0.3) is 5.91 Å². The second-order valence-electron chi connectivity index (χ2n) is 4.08. The lowest BCUT2D eigenvalue weighted by molar-refractivity contribution is -0.138. The van der Waals surface area contributed by atoms with Gasteiger partial charge in [-0.3, -0.25) is 14.9 Å². The number of ether oxygens (including phenoxy) is 1. The van der Waals surface area contributed by atoms with Gasteiger partial charge in [0, 0.05) is 12.8 Å². The summed E-state index contributed by atoms with van der Waals surface area (Å²) in [5.74, 6) is -0.0961. The average molecular weight is 229 g/mol. The third-order valence-corrected chi connectivity index (χ3v) is 2.72. The molecule has 1 N–H and O–H groups in total. The number of amides is 2. The molecule has 1 heterocycles. The molecule has 1 aromatic rings. The summed E-state index contributed by atoms with van der Waals surface area (Å²) in [7, 11) is 5.75. The van der Waals surface area contributed by atoms with Crippen molar-refractivity contribution in [1.82, 2.24) is 5.32 Å². The molecule has 1 unspecified atom stereocenters. The van der Waals surface area contributed by atoms with Crippen LogP contribution in [-0.4, -0.2) is 25.8 Å². The van der Waals surface area contributed by atoms with Crippen molar-refractivity contribution in [1.29, 1.82) is 0 Å². The normalized spacial score (nSPS) is 19.9. The molecule has 2 radical (unpaired) electrons. The van der Waals surface area contributed by atoms with E-state index >= 15 is 0 Å². The quantitative estimate of drug-likeness (QED) is 0.572. The van der Waals surface area contributed by atoms with Crippen molar-refractivity contribution in [3.63, 3.8) is 0 Å². The molecule has 1 atom stereocenters. The highest BCUT2D eigenvalue weighted by Gasteiger charge is 2.28. The molecule has 1 aromatic carbocycles. The first-order chi connectivity index (χ1) is 8.06. The fraction of sp³-hybridized carbons (Fsp3) is 0.333. The standard InChI is InChI=1S/C12H12BNO3/c1-7-2-3-8(6-9(7)13)17-10-4-5-11(15)14-12(10)16/h2-3,6,10H,4-5H2,1H3,(H,14,15,16). The summed E-state index contributed by atoms with van der Waals surface area (Å²) in [6, 6.07) is 5.27. The maximum atomic E-state index is 11.5. The minimum absolute atomic E-state index is 0.252. The topological polar surface area (TPSA) is 55.4 Å². The summed E-state index contributed by atoms with van der Waals surface area (Å²) in [5.41, 5.74) is 1.58. The van der Waals surface area contributed by atoms with Crippen LogP contribution in [0.25, 0.3) is 0 Å². The highest BCUT2D eigenvalue weighted by atomic mass is 16.5. The van der Waals surface area contributed by atoms with Crippen molar-refractivity contribution in [2.24, 2.45) is 0 Å². The molecule has 0 saturated carbocycles. The number of hydrogen-bond acceptors (Lipinski definition) is 3. The third-order valence-electron chi connectivity index (χ3n) is 2.72. The predicted molar refractivity (Wildman–Crippen MR) is 63.4 cm³/mol. The van der Waals surface area contributed by atoms with Crippen molar-refractivity contribution in [2.45, 2.75) is 25.9 Å². The third kappa shape index (κ3) is 2.67. The number of rotatable bonds is 2. The molecule has 1 fully saturated rings. The summed E-state index contributed by atoms with van der Waals surface area (Å²) in [4.78, 5) is 22.4. The second kappa shape index (κ2) is 4.61. The molecular weight excluding hydrogens is 217 g/mol. The van der Waals surface area contributed by atoms with E-state index in [4.69, 9.17) is 12.6 Å².